The molecule has 1 heterocycles. The SMILES string of the molecule is CC(C)(C)NCc1occc1COc1ccc(Cl)c(F)c1. The van der Waals surface area contributed by atoms with Gasteiger partial charge < -0.3 is 14.5 Å². The molecule has 0 unspecified atom stereocenters. The van der Waals surface area contributed by atoms with Gasteiger partial charge in [0, 0.05) is 17.2 Å². The second-order valence-electron chi connectivity index (χ2n) is 5.84. The Balaban J connectivity index is 1.97. The smallest absolute Gasteiger partial charge is 0.145 e. The highest BCUT2D eigenvalue weighted by Crippen LogP contribution is 2.22. The molecule has 1 N–H and O–H groups in total. The van der Waals surface area contributed by atoms with Gasteiger partial charge in [0.2, 0.25) is 0 Å². The second kappa shape index (κ2) is 6.50. The summed E-state index contributed by atoms with van der Waals surface area (Å²) in [6, 6.07) is 6.24. The lowest BCUT2D eigenvalue weighted by Gasteiger charge is -2.20. The van der Waals surface area contributed by atoms with Gasteiger partial charge in [-0.3, -0.25) is 0 Å². The molecule has 0 spiro atoms. The first-order chi connectivity index (χ1) is 9.85. The largest absolute Gasteiger partial charge is 0.489 e. The van der Waals surface area contributed by atoms with Gasteiger partial charge in [0.1, 0.15) is 23.9 Å². The molecule has 1 aromatic heterocycles. The number of hydrogen-bond donors (Lipinski definition) is 1. The Kier molecular flexibility index (Phi) is 4.91. The molecule has 0 fully saturated rings. The van der Waals surface area contributed by atoms with Crippen LogP contribution in [0.15, 0.2) is 34.9 Å². The minimum atomic E-state index is -0.490. The van der Waals surface area contributed by atoms with Crippen molar-refractivity contribution in [1.29, 1.82) is 0 Å². The molecule has 0 saturated carbocycles. The van der Waals surface area contributed by atoms with Crippen molar-refractivity contribution in [3.05, 3.63) is 52.7 Å². The number of nitrogens with one attached hydrogen (secondary N) is 1. The predicted octanol–water partition coefficient (Wildman–Crippen LogP) is 4.54. The summed E-state index contributed by atoms with van der Waals surface area (Å²) in [6.45, 7) is 7.19. The number of hydrogen-bond acceptors (Lipinski definition) is 3. The van der Waals surface area contributed by atoms with Crippen LogP contribution in [0.25, 0.3) is 0 Å². The van der Waals surface area contributed by atoms with Crippen molar-refractivity contribution in [2.24, 2.45) is 0 Å². The standard InChI is InChI=1S/C16H19ClFNO2/c1-16(2,3)19-9-15-11(6-7-20-15)10-21-12-4-5-13(17)14(18)8-12/h4-8,19H,9-10H2,1-3H3. The van der Waals surface area contributed by atoms with E-state index >= 15 is 0 Å². The molecule has 3 nitrogen and oxygen atoms in total. The molecule has 0 aliphatic heterocycles. The van der Waals surface area contributed by atoms with Crippen LogP contribution in [-0.2, 0) is 13.2 Å². The Morgan fingerprint density at radius 1 is 1.29 bits per heavy atom. The fraction of sp³-hybridized carbons (Fsp3) is 0.375. The van der Waals surface area contributed by atoms with Gasteiger partial charge in [-0.1, -0.05) is 11.6 Å². The molecule has 1 aromatic carbocycles. The number of ether oxygens (including phenoxy) is 1. The zero-order chi connectivity index (χ0) is 15.5. The van der Waals surface area contributed by atoms with E-state index in [1.165, 1.54) is 12.1 Å². The van der Waals surface area contributed by atoms with Crippen molar-refractivity contribution in [2.75, 3.05) is 0 Å². The molecule has 0 aliphatic carbocycles. The normalized spacial score (nSPS) is 11.7. The summed E-state index contributed by atoms with van der Waals surface area (Å²) in [4.78, 5) is 0. The molecular weight excluding hydrogens is 293 g/mol. The summed E-state index contributed by atoms with van der Waals surface area (Å²) in [7, 11) is 0. The summed E-state index contributed by atoms with van der Waals surface area (Å²) in [5.41, 5.74) is 0.937. The minimum Gasteiger partial charge on any atom is -0.489 e. The third-order valence-corrected chi connectivity index (χ3v) is 3.21. The van der Waals surface area contributed by atoms with Crippen LogP contribution >= 0.6 is 11.6 Å². The van der Waals surface area contributed by atoms with Crippen molar-refractivity contribution < 1.29 is 13.5 Å². The number of halogens is 2. The van der Waals surface area contributed by atoms with E-state index in [9.17, 15) is 4.39 Å². The summed E-state index contributed by atoms with van der Waals surface area (Å²) in [5, 5.41) is 3.44. The molecule has 0 atom stereocenters. The van der Waals surface area contributed by atoms with Crippen molar-refractivity contribution in [3.8, 4) is 5.75 Å². The highest BCUT2D eigenvalue weighted by atomic mass is 35.5. The molecule has 0 amide bonds. The van der Waals surface area contributed by atoms with E-state index in [0.717, 1.165) is 11.3 Å². The van der Waals surface area contributed by atoms with Crippen LogP contribution in [0.4, 0.5) is 4.39 Å². The molecule has 114 valence electrons. The maximum absolute atomic E-state index is 13.3. The van der Waals surface area contributed by atoms with Gasteiger partial charge in [-0.05, 0) is 39.0 Å². The summed E-state index contributed by atoms with van der Waals surface area (Å²) in [5.74, 6) is 0.767. The van der Waals surface area contributed by atoms with E-state index in [4.69, 9.17) is 20.8 Å². The number of rotatable bonds is 5. The van der Waals surface area contributed by atoms with Crippen LogP contribution in [0.2, 0.25) is 5.02 Å². The third kappa shape index (κ3) is 4.76. The fourth-order valence-electron chi connectivity index (χ4n) is 1.72. The van der Waals surface area contributed by atoms with Gasteiger partial charge in [-0.25, -0.2) is 4.39 Å². The summed E-state index contributed by atoms with van der Waals surface area (Å²) < 4.78 is 24.4. The molecule has 0 bridgehead atoms. The van der Waals surface area contributed by atoms with Crippen LogP contribution in [0.3, 0.4) is 0 Å². The first kappa shape index (κ1) is 15.9. The molecular formula is C16H19ClFNO2. The van der Waals surface area contributed by atoms with Crippen molar-refractivity contribution in [3.63, 3.8) is 0 Å². The maximum atomic E-state index is 13.3. The molecule has 5 heteroatoms. The molecule has 2 rings (SSSR count). The van der Waals surface area contributed by atoms with Crippen molar-refractivity contribution in [1.82, 2.24) is 5.32 Å². The Labute approximate surface area is 129 Å². The average molecular weight is 312 g/mol. The van der Waals surface area contributed by atoms with Gasteiger partial charge in [0.25, 0.3) is 0 Å². The highest BCUT2D eigenvalue weighted by molar-refractivity contribution is 6.30. The molecule has 0 saturated heterocycles. The van der Waals surface area contributed by atoms with Crippen LogP contribution in [0, 0.1) is 5.82 Å². The summed E-state index contributed by atoms with van der Waals surface area (Å²) >= 11 is 5.64. The van der Waals surface area contributed by atoms with Gasteiger partial charge in [-0.2, -0.15) is 0 Å². The molecule has 21 heavy (non-hydrogen) atoms. The Bertz CT molecular complexity index is 605. The Morgan fingerprint density at radius 3 is 2.71 bits per heavy atom. The van der Waals surface area contributed by atoms with E-state index in [-0.39, 0.29) is 10.6 Å². The topological polar surface area (TPSA) is 34.4 Å². The van der Waals surface area contributed by atoms with Crippen LogP contribution in [-0.4, -0.2) is 5.54 Å². The Morgan fingerprint density at radius 2 is 2.05 bits per heavy atom. The molecule has 0 aliphatic rings. The Hall–Kier alpha value is -1.52. The predicted molar refractivity (Wildman–Crippen MR) is 81.0 cm³/mol. The minimum absolute atomic E-state index is 0.00419. The van der Waals surface area contributed by atoms with Crippen LogP contribution in [0.5, 0.6) is 5.75 Å². The van der Waals surface area contributed by atoms with E-state index < -0.39 is 5.82 Å². The van der Waals surface area contributed by atoms with Crippen molar-refractivity contribution >= 4 is 11.6 Å². The zero-order valence-electron chi connectivity index (χ0n) is 12.4. The summed E-state index contributed by atoms with van der Waals surface area (Å²) in [6.07, 6.45) is 1.63. The second-order valence-corrected chi connectivity index (χ2v) is 6.24. The van der Waals surface area contributed by atoms with Gasteiger partial charge >= 0.3 is 0 Å². The van der Waals surface area contributed by atoms with E-state index in [0.29, 0.717) is 18.9 Å². The highest BCUT2D eigenvalue weighted by Gasteiger charge is 2.13. The molecule has 2 aromatic rings. The van der Waals surface area contributed by atoms with Crippen molar-refractivity contribution in [2.45, 2.75) is 39.5 Å². The van der Waals surface area contributed by atoms with Gasteiger partial charge in [0.15, 0.2) is 0 Å². The number of furan rings is 1. The fourth-order valence-corrected chi connectivity index (χ4v) is 1.84. The zero-order valence-corrected chi connectivity index (χ0v) is 13.1. The van der Waals surface area contributed by atoms with Crippen LogP contribution < -0.4 is 10.1 Å². The van der Waals surface area contributed by atoms with E-state index in [1.807, 2.05) is 6.07 Å². The molecule has 0 radical (unpaired) electrons. The quantitative estimate of drug-likeness (QED) is 0.880. The number of benzene rings is 1. The van der Waals surface area contributed by atoms with Gasteiger partial charge in [-0.15, -0.1) is 0 Å². The lowest BCUT2D eigenvalue weighted by Crippen LogP contribution is -2.35. The average Bonchev–Trinajstić information content (AvgIpc) is 2.84. The van der Waals surface area contributed by atoms with E-state index in [2.05, 4.69) is 26.1 Å². The van der Waals surface area contributed by atoms with Crippen LogP contribution in [0.1, 0.15) is 32.1 Å². The first-order valence-corrected chi connectivity index (χ1v) is 7.11. The lowest BCUT2D eigenvalue weighted by molar-refractivity contribution is 0.297. The van der Waals surface area contributed by atoms with Gasteiger partial charge in [0.05, 0.1) is 17.8 Å². The monoisotopic (exact) mass is 311 g/mol. The maximum Gasteiger partial charge on any atom is 0.145 e. The lowest BCUT2D eigenvalue weighted by atomic mass is 10.1. The third-order valence-electron chi connectivity index (χ3n) is 2.90. The van der Waals surface area contributed by atoms with E-state index in [1.54, 1.807) is 12.3 Å². The first-order valence-electron chi connectivity index (χ1n) is 6.73.